The fourth-order valence-corrected chi connectivity index (χ4v) is 3.84. The highest BCUT2D eigenvalue weighted by atomic mass is 79.9. The first-order chi connectivity index (χ1) is 10.0. The van der Waals surface area contributed by atoms with Crippen LogP contribution in [0.3, 0.4) is 0 Å². The van der Waals surface area contributed by atoms with E-state index in [1.54, 1.807) is 18.2 Å². The minimum Gasteiger partial charge on any atom is -0.274 e. The Morgan fingerprint density at radius 1 is 1.24 bits per heavy atom. The highest BCUT2D eigenvalue weighted by molar-refractivity contribution is 9.10. The number of nitro groups is 1. The van der Waals surface area contributed by atoms with Gasteiger partial charge in [-0.3, -0.25) is 19.8 Å². The average Bonchev–Trinajstić information content (AvgIpc) is 2.44. The molecule has 1 amide bonds. The number of nitro benzene ring substituents is 1. The van der Waals surface area contributed by atoms with Crippen LogP contribution in [-0.4, -0.2) is 10.8 Å². The Labute approximate surface area is 133 Å². The third-order valence-corrected chi connectivity index (χ3v) is 4.87. The van der Waals surface area contributed by atoms with Crippen molar-refractivity contribution in [2.24, 2.45) is 0 Å². The second-order valence-electron chi connectivity index (χ2n) is 4.42. The van der Waals surface area contributed by atoms with Gasteiger partial charge in [-0.2, -0.15) is 0 Å². The largest absolute Gasteiger partial charge is 0.308 e. The van der Waals surface area contributed by atoms with E-state index in [1.807, 2.05) is 18.2 Å². The Morgan fingerprint density at radius 3 is 2.62 bits per heavy atom. The van der Waals surface area contributed by atoms with E-state index in [0.29, 0.717) is 20.7 Å². The first kappa shape index (κ1) is 14.1. The molecule has 0 saturated heterocycles. The maximum atomic E-state index is 12.1. The van der Waals surface area contributed by atoms with Crippen LogP contribution in [-0.2, 0) is 4.79 Å². The first-order valence-electron chi connectivity index (χ1n) is 6.05. The molecular weight excluding hydrogens is 356 g/mol. The smallest absolute Gasteiger partial charge is 0.274 e. The molecule has 0 N–H and O–H groups in total. The van der Waals surface area contributed by atoms with Crippen LogP contribution in [0.15, 0.2) is 50.7 Å². The van der Waals surface area contributed by atoms with Crippen molar-refractivity contribution in [1.82, 2.24) is 0 Å². The average molecular weight is 365 g/mol. The molecule has 0 radical (unpaired) electrons. The molecule has 2 aromatic rings. The quantitative estimate of drug-likeness (QED) is 0.551. The van der Waals surface area contributed by atoms with E-state index in [9.17, 15) is 14.9 Å². The Kier molecular flexibility index (Phi) is 3.46. The fraction of sp³-hybridized carbons (Fsp3) is 0.0714. The lowest BCUT2D eigenvalue weighted by Gasteiger charge is -2.29. The summed E-state index contributed by atoms with van der Waals surface area (Å²) in [4.78, 5) is 26.0. The summed E-state index contributed by atoms with van der Waals surface area (Å²) in [6.07, 6.45) is 0. The van der Waals surface area contributed by atoms with Gasteiger partial charge in [0.15, 0.2) is 0 Å². The number of hydrogen-bond donors (Lipinski definition) is 0. The monoisotopic (exact) mass is 364 g/mol. The summed E-state index contributed by atoms with van der Waals surface area (Å²) in [6.45, 7) is 1.40. The predicted molar refractivity (Wildman–Crippen MR) is 84.2 cm³/mol. The molecular formula is C14H9BrN2O3S. The number of nitrogens with zero attached hydrogens (tertiary/aromatic N) is 2. The maximum absolute atomic E-state index is 12.1. The Bertz CT molecular complexity index is 779. The zero-order valence-electron chi connectivity index (χ0n) is 10.9. The SMILES string of the molecule is CC(=O)N1c2ccccc2Sc2ccc(Br)c([N+](=O)[O-])c21. The first-order valence-corrected chi connectivity index (χ1v) is 7.66. The van der Waals surface area contributed by atoms with Crippen LogP contribution in [0, 0.1) is 10.1 Å². The van der Waals surface area contributed by atoms with Gasteiger partial charge < -0.3 is 0 Å². The number of para-hydroxylation sites is 1. The van der Waals surface area contributed by atoms with Gasteiger partial charge in [-0.05, 0) is 40.2 Å². The summed E-state index contributed by atoms with van der Waals surface area (Å²) in [7, 11) is 0. The number of fused-ring (bicyclic) bond motifs is 2. The molecule has 2 aromatic carbocycles. The van der Waals surface area contributed by atoms with E-state index in [0.717, 1.165) is 4.90 Å². The van der Waals surface area contributed by atoms with Gasteiger partial charge in [0.1, 0.15) is 5.69 Å². The second-order valence-corrected chi connectivity index (χ2v) is 6.36. The minimum absolute atomic E-state index is 0.0929. The molecule has 1 aliphatic rings. The van der Waals surface area contributed by atoms with Crippen LogP contribution < -0.4 is 4.90 Å². The molecule has 0 saturated carbocycles. The van der Waals surface area contributed by atoms with Crippen molar-refractivity contribution in [1.29, 1.82) is 0 Å². The number of carbonyl (C=O) groups is 1. The van der Waals surface area contributed by atoms with Crippen molar-refractivity contribution in [2.45, 2.75) is 16.7 Å². The number of anilines is 2. The molecule has 0 spiro atoms. The molecule has 3 rings (SSSR count). The summed E-state index contributed by atoms with van der Waals surface area (Å²) in [6, 6.07) is 10.8. The van der Waals surface area contributed by atoms with E-state index >= 15 is 0 Å². The summed E-state index contributed by atoms with van der Waals surface area (Å²) >= 11 is 4.63. The standard InChI is InChI=1S/C14H9BrN2O3S/c1-8(18)16-10-4-2-3-5-11(10)21-12-7-6-9(15)13(14(12)16)17(19)20/h2-7H,1H3. The van der Waals surface area contributed by atoms with Crippen LogP contribution in [0.1, 0.15) is 6.92 Å². The molecule has 0 unspecified atom stereocenters. The third kappa shape index (κ3) is 2.22. The Balaban J connectivity index is 2.34. The fourth-order valence-electron chi connectivity index (χ4n) is 2.30. The third-order valence-electron chi connectivity index (χ3n) is 3.11. The van der Waals surface area contributed by atoms with Crippen LogP contribution in [0.4, 0.5) is 17.1 Å². The van der Waals surface area contributed by atoms with Crippen LogP contribution in [0.25, 0.3) is 0 Å². The molecule has 0 aromatic heterocycles. The lowest BCUT2D eigenvalue weighted by atomic mass is 10.2. The molecule has 5 nitrogen and oxygen atoms in total. The number of benzene rings is 2. The van der Waals surface area contributed by atoms with Gasteiger partial charge >= 0.3 is 5.69 Å². The van der Waals surface area contributed by atoms with E-state index in [-0.39, 0.29) is 11.6 Å². The normalized spacial score (nSPS) is 12.6. The zero-order valence-corrected chi connectivity index (χ0v) is 13.3. The van der Waals surface area contributed by atoms with Crippen molar-refractivity contribution in [3.05, 3.63) is 51.0 Å². The predicted octanol–water partition coefficient (Wildman–Crippen LogP) is 4.51. The summed E-state index contributed by atoms with van der Waals surface area (Å²) in [5.41, 5.74) is 0.902. The van der Waals surface area contributed by atoms with Crippen molar-refractivity contribution in [3.63, 3.8) is 0 Å². The van der Waals surface area contributed by atoms with E-state index in [4.69, 9.17) is 0 Å². The van der Waals surface area contributed by atoms with E-state index < -0.39 is 4.92 Å². The van der Waals surface area contributed by atoms with Gasteiger partial charge in [-0.15, -0.1) is 0 Å². The number of hydrogen-bond acceptors (Lipinski definition) is 4. The molecule has 1 aliphatic heterocycles. The van der Waals surface area contributed by atoms with Crippen LogP contribution in [0.5, 0.6) is 0 Å². The van der Waals surface area contributed by atoms with Gasteiger partial charge in [-0.25, -0.2) is 0 Å². The van der Waals surface area contributed by atoms with Gasteiger partial charge in [0.2, 0.25) is 5.91 Å². The van der Waals surface area contributed by atoms with Gasteiger partial charge in [-0.1, -0.05) is 23.9 Å². The molecule has 7 heteroatoms. The van der Waals surface area contributed by atoms with Crippen molar-refractivity contribution >= 4 is 50.7 Å². The molecule has 1 heterocycles. The lowest BCUT2D eigenvalue weighted by molar-refractivity contribution is -0.385. The molecule has 0 fully saturated rings. The summed E-state index contributed by atoms with van der Waals surface area (Å²) < 4.78 is 0.359. The topological polar surface area (TPSA) is 63.5 Å². The lowest BCUT2D eigenvalue weighted by Crippen LogP contribution is -2.26. The number of amides is 1. The van der Waals surface area contributed by atoms with Crippen molar-refractivity contribution in [3.8, 4) is 0 Å². The second kappa shape index (κ2) is 5.16. The van der Waals surface area contributed by atoms with Crippen molar-refractivity contribution in [2.75, 3.05) is 4.90 Å². The highest BCUT2D eigenvalue weighted by Gasteiger charge is 2.34. The zero-order chi connectivity index (χ0) is 15.1. The summed E-state index contributed by atoms with van der Waals surface area (Å²) in [5, 5.41) is 11.4. The molecule has 0 atom stereocenters. The molecule has 21 heavy (non-hydrogen) atoms. The van der Waals surface area contributed by atoms with E-state index in [2.05, 4.69) is 15.9 Å². The number of carbonyl (C=O) groups excluding carboxylic acids is 1. The van der Waals surface area contributed by atoms with Gasteiger partial charge in [0, 0.05) is 16.7 Å². The highest BCUT2D eigenvalue weighted by Crippen LogP contribution is 2.53. The Morgan fingerprint density at radius 2 is 1.95 bits per heavy atom. The number of halogens is 1. The number of rotatable bonds is 1. The van der Waals surface area contributed by atoms with E-state index in [1.165, 1.54) is 23.6 Å². The molecule has 0 bridgehead atoms. The van der Waals surface area contributed by atoms with Crippen LogP contribution >= 0.6 is 27.7 Å². The van der Waals surface area contributed by atoms with Gasteiger partial charge in [0.25, 0.3) is 0 Å². The summed E-state index contributed by atoms with van der Waals surface area (Å²) in [5.74, 6) is -0.259. The van der Waals surface area contributed by atoms with Gasteiger partial charge in [0.05, 0.1) is 15.1 Å². The van der Waals surface area contributed by atoms with Crippen LogP contribution in [0.2, 0.25) is 0 Å². The Hall–Kier alpha value is -1.86. The van der Waals surface area contributed by atoms with Crippen molar-refractivity contribution < 1.29 is 9.72 Å². The maximum Gasteiger partial charge on any atom is 0.308 e. The molecule has 0 aliphatic carbocycles. The molecule has 106 valence electrons. The minimum atomic E-state index is -0.465.